The number of hydrogen-bond donors (Lipinski definition) is 1. The van der Waals surface area contributed by atoms with Crippen molar-refractivity contribution in [1.82, 2.24) is 0 Å². The topological polar surface area (TPSA) is 74.0 Å². The van der Waals surface area contributed by atoms with Gasteiger partial charge < -0.3 is 24.8 Å². The Labute approximate surface area is 172 Å². The number of carbonyl (C=O) groups is 1. The highest BCUT2D eigenvalue weighted by molar-refractivity contribution is 6.12. The second-order valence-electron chi connectivity index (χ2n) is 6.88. The number of hydrogen-bond acceptors (Lipinski definition) is 6. The van der Waals surface area contributed by atoms with Crippen LogP contribution in [0, 0.1) is 0 Å². The van der Waals surface area contributed by atoms with E-state index in [1.807, 2.05) is 50.2 Å². The van der Waals surface area contributed by atoms with Crippen molar-refractivity contribution in [3.63, 3.8) is 0 Å². The number of Topliss-reactive ketones (excluding diaryl/α,β-unsaturated/α-hetero) is 1. The van der Waals surface area contributed by atoms with Gasteiger partial charge in [0.05, 0.1) is 32.7 Å². The van der Waals surface area contributed by atoms with Gasteiger partial charge in [-0.2, -0.15) is 0 Å². The van der Waals surface area contributed by atoms with E-state index in [0.717, 1.165) is 17.7 Å². The summed E-state index contributed by atoms with van der Waals surface area (Å²) in [5.74, 6) is 1.29. The minimum absolute atomic E-state index is 0.0747. The Morgan fingerprint density at radius 3 is 2.14 bits per heavy atom. The van der Waals surface area contributed by atoms with Crippen LogP contribution in [0.2, 0.25) is 0 Å². The SMILES string of the molecule is CCCC(=Cc1ccc(N)c(N(C)C)c1)C(=O)c1cc(OC)c(OC)c(OC)c1. The second kappa shape index (κ2) is 9.87. The monoisotopic (exact) mass is 398 g/mol. The van der Waals surface area contributed by atoms with E-state index in [1.54, 1.807) is 12.1 Å². The van der Waals surface area contributed by atoms with Crippen molar-refractivity contribution in [3.8, 4) is 17.2 Å². The fourth-order valence-corrected chi connectivity index (χ4v) is 3.16. The maximum Gasteiger partial charge on any atom is 0.203 e. The average Bonchev–Trinajstić information content (AvgIpc) is 2.72. The molecule has 0 radical (unpaired) electrons. The number of anilines is 2. The summed E-state index contributed by atoms with van der Waals surface area (Å²) in [4.78, 5) is 15.3. The molecule has 2 rings (SSSR count). The lowest BCUT2D eigenvalue weighted by atomic mass is 9.96. The fraction of sp³-hybridized carbons (Fsp3) is 0.348. The van der Waals surface area contributed by atoms with E-state index >= 15 is 0 Å². The standard InChI is InChI=1S/C23H30N2O4/c1-7-8-16(11-15-9-10-18(24)19(12-15)25(2)3)22(26)17-13-20(27-4)23(29-6)21(14-17)28-5/h9-14H,7-8,24H2,1-6H3. The molecule has 0 aliphatic heterocycles. The molecule has 2 N–H and O–H groups in total. The molecule has 0 spiro atoms. The van der Waals surface area contributed by atoms with Gasteiger partial charge in [-0.3, -0.25) is 4.79 Å². The van der Waals surface area contributed by atoms with E-state index < -0.39 is 0 Å². The van der Waals surface area contributed by atoms with Crippen LogP contribution in [0.4, 0.5) is 11.4 Å². The van der Waals surface area contributed by atoms with Crippen molar-refractivity contribution < 1.29 is 19.0 Å². The minimum Gasteiger partial charge on any atom is -0.493 e. The maximum atomic E-state index is 13.3. The molecule has 2 aromatic rings. The smallest absolute Gasteiger partial charge is 0.203 e. The molecular formula is C23H30N2O4. The van der Waals surface area contributed by atoms with Crippen LogP contribution in [0.15, 0.2) is 35.9 Å². The lowest BCUT2D eigenvalue weighted by Gasteiger charge is -2.16. The van der Waals surface area contributed by atoms with Crippen molar-refractivity contribution in [2.45, 2.75) is 19.8 Å². The normalized spacial score (nSPS) is 11.2. The number of nitrogens with two attached hydrogens (primary N) is 1. The first-order chi connectivity index (χ1) is 13.9. The third-order valence-corrected chi connectivity index (χ3v) is 4.62. The molecule has 156 valence electrons. The van der Waals surface area contributed by atoms with Crippen molar-refractivity contribution >= 4 is 23.2 Å². The molecule has 29 heavy (non-hydrogen) atoms. The molecule has 0 aliphatic rings. The number of allylic oxidation sites excluding steroid dienone is 1. The Hall–Kier alpha value is -3.15. The first-order valence-electron chi connectivity index (χ1n) is 9.48. The van der Waals surface area contributed by atoms with Crippen LogP contribution >= 0.6 is 0 Å². The van der Waals surface area contributed by atoms with Gasteiger partial charge in [0.2, 0.25) is 5.75 Å². The molecule has 0 bridgehead atoms. The number of ether oxygens (including phenoxy) is 3. The summed E-state index contributed by atoms with van der Waals surface area (Å²) >= 11 is 0. The Bertz CT molecular complexity index is 879. The Morgan fingerprint density at radius 1 is 1.03 bits per heavy atom. The molecule has 0 heterocycles. The van der Waals surface area contributed by atoms with Gasteiger partial charge in [-0.05, 0) is 42.3 Å². The van der Waals surface area contributed by atoms with E-state index in [2.05, 4.69) is 0 Å². The Balaban J connectivity index is 2.52. The summed E-state index contributed by atoms with van der Waals surface area (Å²) in [7, 11) is 8.48. The zero-order valence-electron chi connectivity index (χ0n) is 18.0. The van der Waals surface area contributed by atoms with Crippen LogP contribution in [0.5, 0.6) is 17.2 Å². The van der Waals surface area contributed by atoms with Gasteiger partial charge in [0, 0.05) is 25.2 Å². The first kappa shape index (κ1) is 22.1. The Kier molecular flexibility index (Phi) is 7.53. The van der Waals surface area contributed by atoms with E-state index in [4.69, 9.17) is 19.9 Å². The molecule has 0 saturated heterocycles. The average molecular weight is 399 g/mol. The summed E-state index contributed by atoms with van der Waals surface area (Å²) in [6.07, 6.45) is 3.41. The second-order valence-corrected chi connectivity index (χ2v) is 6.88. The number of rotatable bonds is 9. The third-order valence-electron chi connectivity index (χ3n) is 4.62. The lowest BCUT2D eigenvalue weighted by molar-refractivity contribution is 0.103. The zero-order valence-corrected chi connectivity index (χ0v) is 18.0. The molecule has 2 aromatic carbocycles. The molecule has 6 nitrogen and oxygen atoms in total. The van der Waals surface area contributed by atoms with Crippen LogP contribution in [0.1, 0.15) is 35.7 Å². The van der Waals surface area contributed by atoms with Gasteiger partial charge in [0.15, 0.2) is 17.3 Å². The van der Waals surface area contributed by atoms with E-state index in [-0.39, 0.29) is 5.78 Å². The van der Waals surface area contributed by atoms with Gasteiger partial charge in [-0.25, -0.2) is 0 Å². The maximum absolute atomic E-state index is 13.3. The third kappa shape index (κ3) is 5.02. The number of nitrogens with zero attached hydrogens (tertiary/aromatic N) is 1. The molecule has 0 fully saturated rings. The Morgan fingerprint density at radius 2 is 1.66 bits per heavy atom. The molecule has 6 heteroatoms. The number of methoxy groups -OCH3 is 3. The summed E-state index contributed by atoms with van der Waals surface area (Å²) < 4.78 is 16.1. The van der Waals surface area contributed by atoms with E-state index in [0.29, 0.717) is 40.5 Å². The highest BCUT2D eigenvalue weighted by Gasteiger charge is 2.19. The number of nitrogen functional groups attached to an aromatic ring is 1. The van der Waals surface area contributed by atoms with Crippen molar-refractivity contribution in [1.29, 1.82) is 0 Å². The van der Waals surface area contributed by atoms with Gasteiger partial charge >= 0.3 is 0 Å². The summed E-state index contributed by atoms with van der Waals surface area (Å²) in [6, 6.07) is 9.12. The molecule has 0 amide bonds. The van der Waals surface area contributed by atoms with Gasteiger partial charge in [0.25, 0.3) is 0 Å². The van der Waals surface area contributed by atoms with E-state index in [1.165, 1.54) is 21.3 Å². The van der Waals surface area contributed by atoms with Gasteiger partial charge in [0.1, 0.15) is 0 Å². The van der Waals surface area contributed by atoms with Crippen LogP contribution in [-0.4, -0.2) is 41.2 Å². The van der Waals surface area contributed by atoms with Gasteiger partial charge in [-0.15, -0.1) is 0 Å². The van der Waals surface area contributed by atoms with Crippen molar-refractivity contribution in [2.75, 3.05) is 46.1 Å². The quantitative estimate of drug-likeness (QED) is 0.383. The van der Waals surface area contributed by atoms with Crippen LogP contribution in [0.25, 0.3) is 6.08 Å². The molecule has 0 aromatic heterocycles. The summed E-state index contributed by atoms with van der Waals surface area (Å²) in [6.45, 7) is 2.05. The zero-order chi connectivity index (χ0) is 21.6. The number of carbonyl (C=O) groups excluding carboxylic acids is 1. The number of benzene rings is 2. The predicted molar refractivity (Wildman–Crippen MR) is 118 cm³/mol. The van der Waals surface area contributed by atoms with E-state index in [9.17, 15) is 4.79 Å². The highest BCUT2D eigenvalue weighted by Crippen LogP contribution is 2.39. The largest absolute Gasteiger partial charge is 0.493 e. The summed E-state index contributed by atoms with van der Waals surface area (Å²) in [5, 5.41) is 0. The van der Waals surface area contributed by atoms with Crippen LogP contribution < -0.4 is 24.8 Å². The number of ketones is 1. The van der Waals surface area contributed by atoms with Crippen LogP contribution in [0.3, 0.4) is 0 Å². The molecule has 0 saturated carbocycles. The minimum atomic E-state index is -0.0747. The van der Waals surface area contributed by atoms with Crippen molar-refractivity contribution in [2.24, 2.45) is 0 Å². The molecule has 0 unspecified atom stereocenters. The van der Waals surface area contributed by atoms with Gasteiger partial charge in [-0.1, -0.05) is 19.4 Å². The molecular weight excluding hydrogens is 368 g/mol. The lowest BCUT2D eigenvalue weighted by Crippen LogP contribution is -2.11. The predicted octanol–water partition coefficient (Wildman–Crippen LogP) is 4.43. The molecule has 0 aliphatic carbocycles. The van der Waals surface area contributed by atoms with Crippen LogP contribution in [-0.2, 0) is 0 Å². The fourth-order valence-electron chi connectivity index (χ4n) is 3.16. The summed E-state index contributed by atoms with van der Waals surface area (Å²) in [5.41, 5.74) is 9.78. The van der Waals surface area contributed by atoms with Crippen molar-refractivity contribution in [3.05, 3.63) is 47.0 Å². The highest BCUT2D eigenvalue weighted by atomic mass is 16.5. The first-order valence-corrected chi connectivity index (χ1v) is 9.48. The molecule has 0 atom stereocenters.